The molecule has 4 heteroatoms. The zero-order valence-corrected chi connectivity index (χ0v) is 8.87. The second-order valence-corrected chi connectivity index (χ2v) is 4.09. The molecule has 2 aromatic rings. The van der Waals surface area contributed by atoms with Gasteiger partial charge in [-0.1, -0.05) is 30.3 Å². The van der Waals surface area contributed by atoms with Crippen molar-refractivity contribution in [2.75, 3.05) is 0 Å². The van der Waals surface area contributed by atoms with E-state index in [1.807, 2.05) is 35.0 Å². The number of aliphatic hydroxyl groups excluding tert-OH is 1. The Bertz CT molecular complexity index is 492. The van der Waals surface area contributed by atoms with Crippen LogP contribution >= 0.6 is 0 Å². The van der Waals surface area contributed by atoms with Crippen molar-refractivity contribution in [1.82, 2.24) is 14.8 Å². The van der Waals surface area contributed by atoms with Gasteiger partial charge in [-0.25, -0.2) is 9.67 Å². The number of benzene rings is 1. The van der Waals surface area contributed by atoms with Gasteiger partial charge in [-0.05, 0) is 6.42 Å². The molecule has 82 valence electrons. The molecule has 1 aliphatic rings. The minimum absolute atomic E-state index is 0.264. The Morgan fingerprint density at radius 3 is 2.88 bits per heavy atom. The molecule has 1 unspecified atom stereocenters. The van der Waals surface area contributed by atoms with Gasteiger partial charge in [0.05, 0.1) is 6.10 Å². The van der Waals surface area contributed by atoms with Crippen molar-refractivity contribution in [2.45, 2.75) is 25.5 Å². The van der Waals surface area contributed by atoms with Crippen molar-refractivity contribution >= 4 is 0 Å². The first-order valence-electron chi connectivity index (χ1n) is 5.50. The molecule has 0 saturated carbocycles. The summed E-state index contributed by atoms with van der Waals surface area (Å²) >= 11 is 0. The van der Waals surface area contributed by atoms with E-state index in [4.69, 9.17) is 0 Å². The van der Waals surface area contributed by atoms with Gasteiger partial charge in [0.25, 0.3) is 0 Å². The summed E-state index contributed by atoms with van der Waals surface area (Å²) in [6, 6.07) is 9.92. The molecule has 1 aromatic heterocycles. The number of nitrogens with zero attached hydrogens (tertiary/aromatic N) is 3. The molecule has 1 aromatic carbocycles. The minimum Gasteiger partial charge on any atom is -0.393 e. The van der Waals surface area contributed by atoms with E-state index in [-0.39, 0.29) is 6.10 Å². The predicted octanol–water partition coefficient (Wildman–Crippen LogP) is 1.25. The van der Waals surface area contributed by atoms with E-state index < -0.39 is 0 Å². The molecule has 0 spiro atoms. The van der Waals surface area contributed by atoms with Gasteiger partial charge < -0.3 is 5.11 Å². The minimum atomic E-state index is -0.264. The molecule has 2 heterocycles. The molecule has 0 radical (unpaired) electrons. The summed E-state index contributed by atoms with van der Waals surface area (Å²) in [5, 5.41) is 14.0. The van der Waals surface area contributed by atoms with E-state index in [0.29, 0.717) is 6.42 Å². The molecule has 0 bridgehead atoms. The standard InChI is InChI=1S/C12H13N3O/c16-10-6-7-15-11(8-10)13-12(14-15)9-4-2-1-3-5-9/h1-5,10,16H,6-8H2. The van der Waals surface area contributed by atoms with Crippen LogP contribution in [0.2, 0.25) is 0 Å². The lowest BCUT2D eigenvalue weighted by Crippen LogP contribution is -2.23. The summed E-state index contributed by atoms with van der Waals surface area (Å²) in [6.07, 6.45) is 1.12. The third-order valence-corrected chi connectivity index (χ3v) is 2.87. The Kier molecular flexibility index (Phi) is 2.22. The Morgan fingerprint density at radius 1 is 1.25 bits per heavy atom. The molecule has 0 fully saturated rings. The largest absolute Gasteiger partial charge is 0.393 e. The molecule has 0 aliphatic carbocycles. The van der Waals surface area contributed by atoms with Gasteiger partial charge >= 0.3 is 0 Å². The number of hydrogen-bond acceptors (Lipinski definition) is 3. The zero-order valence-electron chi connectivity index (χ0n) is 8.87. The molecule has 16 heavy (non-hydrogen) atoms. The van der Waals surface area contributed by atoms with Crippen LogP contribution < -0.4 is 0 Å². The monoisotopic (exact) mass is 215 g/mol. The van der Waals surface area contributed by atoms with Crippen LogP contribution in [0.15, 0.2) is 30.3 Å². The van der Waals surface area contributed by atoms with E-state index >= 15 is 0 Å². The second-order valence-electron chi connectivity index (χ2n) is 4.09. The van der Waals surface area contributed by atoms with Crippen LogP contribution in [0.1, 0.15) is 12.2 Å². The lowest BCUT2D eigenvalue weighted by atomic mass is 10.1. The summed E-state index contributed by atoms with van der Waals surface area (Å²) in [6.45, 7) is 0.760. The second kappa shape index (κ2) is 3.72. The molecule has 3 rings (SSSR count). The number of aliphatic hydroxyl groups is 1. The van der Waals surface area contributed by atoms with E-state index in [1.165, 1.54) is 0 Å². The Morgan fingerprint density at radius 2 is 2.06 bits per heavy atom. The number of hydrogen-bond donors (Lipinski definition) is 1. The first-order valence-corrected chi connectivity index (χ1v) is 5.50. The fraction of sp³-hybridized carbons (Fsp3) is 0.333. The fourth-order valence-corrected chi connectivity index (χ4v) is 2.00. The molecular weight excluding hydrogens is 202 g/mol. The Hall–Kier alpha value is -1.68. The van der Waals surface area contributed by atoms with Crippen LogP contribution in [0.5, 0.6) is 0 Å². The number of aryl methyl sites for hydroxylation is 1. The molecule has 1 aliphatic heterocycles. The quantitative estimate of drug-likeness (QED) is 0.779. The van der Waals surface area contributed by atoms with Crippen LogP contribution in [0.25, 0.3) is 11.4 Å². The average Bonchev–Trinajstić information content (AvgIpc) is 2.73. The third-order valence-electron chi connectivity index (χ3n) is 2.87. The average molecular weight is 215 g/mol. The van der Waals surface area contributed by atoms with Crippen molar-refractivity contribution in [1.29, 1.82) is 0 Å². The normalized spacial score (nSPS) is 19.4. The van der Waals surface area contributed by atoms with Gasteiger partial charge in [0.2, 0.25) is 0 Å². The summed E-state index contributed by atoms with van der Waals surface area (Å²) in [5.74, 6) is 1.64. The van der Waals surface area contributed by atoms with E-state index in [1.54, 1.807) is 0 Å². The highest BCUT2D eigenvalue weighted by Crippen LogP contribution is 2.19. The van der Waals surface area contributed by atoms with Gasteiger partial charge in [-0.2, -0.15) is 5.10 Å². The zero-order chi connectivity index (χ0) is 11.0. The summed E-state index contributed by atoms with van der Waals surface area (Å²) in [7, 11) is 0. The van der Waals surface area contributed by atoms with Crippen LogP contribution in [0.4, 0.5) is 0 Å². The van der Waals surface area contributed by atoms with Crippen molar-refractivity contribution in [2.24, 2.45) is 0 Å². The van der Waals surface area contributed by atoms with Crippen LogP contribution in [0.3, 0.4) is 0 Å². The highest BCUT2D eigenvalue weighted by Gasteiger charge is 2.20. The van der Waals surface area contributed by atoms with Gasteiger partial charge in [0, 0.05) is 18.5 Å². The lowest BCUT2D eigenvalue weighted by molar-refractivity contribution is 0.138. The smallest absolute Gasteiger partial charge is 0.181 e. The SMILES string of the molecule is OC1CCn2nc(-c3ccccc3)nc2C1. The van der Waals surface area contributed by atoms with Gasteiger partial charge in [-0.15, -0.1) is 0 Å². The number of aromatic nitrogens is 3. The van der Waals surface area contributed by atoms with Gasteiger partial charge in [0.15, 0.2) is 5.82 Å². The van der Waals surface area contributed by atoms with Gasteiger partial charge in [-0.3, -0.25) is 0 Å². The Labute approximate surface area is 93.6 Å². The highest BCUT2D eigenvalue weighted by molar-refractivity contribution is 5.54. The third kappa shape index (κ3) is 1.61. The first kappa shape index (κ1) is 9.54. The maximum Gasteiger partial charge on any atom is 0.181 e. The molecular formula is C12H13N3O. The van der Waals surface area contributed by atoms with Crippen molar-refractivity contribution in [3.8, 4) is 11.4 Å². The van der Waals surface area contributed by atoms with Crippen molar-refractivity contribution in [3.63, 3.8) is 0 Å². The van der Waals surface area contributed by atoms with Crippen molar-refractivity contribution < 1.29 is 5.11 Å². The lowest BCUT2D eigenvalue weighted by Gasteiger charge is -2.16. The number of rotatable bonds is 1. The fourth-order valence-electron chi connectivity index (χ4n) is 2.00. The highest BCUT2D eigenvalue weighted by atomic mass is 16.3. The summed E-state index contributed by atoms with van der Waals surface area (Å²) in [4.78, 5) is 4.46. The maximum absolute atomic E-state index is 9.55. The maximum atomic E-state index is 9.55. The number of fused-ring (bicyclic) bond motifs is 1. The van der Waals surface area contributed by atoms with Crippen LogP contribution in [-0.4, -0.2) is 26.0 Å². The van der Waals surface area contributed by atoms with Crippen LogP contribution in [-0.2, 0) is 13.0 Å². The summed E-state index contributed by atoms with van der Waals surface area (Å²) < 4.78 is 1.90. The van der Waals surface area contributed by atoms with E-state index in [9.17, 15) is 5.11 Å². The van der Waals surface area contributed by atoms with E-state index in [2.05, 4.69) is 10.1 Å². The summed E-state index contributed by atoms with van der Waals surface area (Å²) in [5.41, 5.74) is 1.03. The molecule has 1 N–H and O–H groups in total. The Balaban J connectivity index is 1.99. The molecule has 4 nitrogen and oxygen atoms in total. The predicted molar refractivity (Wildman–Crippen MR) is 59.8 cm³/mol. The molecule has 1 atom stereocenters. The van der Waals surface area contributed by atoms with Gasteiger partial charge in [0.1, 0.15) is 5.82 Å². The van der Waals surface area contributed by atoms with E-state index in [0.717, 1.165) is 30.2 Å². The van der Waals surface area contributed by atoms with Crippen molar-refractivity contribution in [3.05, 3.63) is 36.2 Å². The van der Waals surface area contributed by atoms with Crippen LogP contribution in [0, 0.1) is 0 Å². The molecule has 0 saturated heterocycles. The molecule has 0 amide bonds. The topological polar surface area (TPSA) is 50.9 Å². The first-order chi connectivity index (χ1) is 7.83.